The Hall–Kier alpha value is -1.79. The van der Waals surface area contributed by atoms with Crippen LogP contribution in [0.4, 0.5) is 10.5 Å². The van der Waals surface area contributed by atoms with Crippen LogP contribution in [0, 0.1) is 0 Å². The molecule has 2 heterocycles. The van der Waals surface area contributed by atoms with E-state index < -0.39 is 12.1 Å². The third-order valence-corrected chi connectivity index (χ3v) is 5.27. The Labute approximate surface area is 139 Å². The van der Waals surface area contributed by atoms with Crippen molar-refractivity contribution in [2.45, 2.75) is 50.0 Å². The van der Waals surface area contributed by atoms with E-state index in [-0.39, 0.29) is 24.2 Å². The van der Waals surface area contributed by atoms with Crippen LogP contribution < -0.4 is 20.9 Å². The molecule has 4 rings (SSSR count). The summed E-state index contributed by atoms with van der Waals surface area (Å²) in [4.78, 5) is 26.3. The number of benzene rings is 1. The quantitative estimate of drug-likeness (QED) is 0.729. The fraction of sp³-hybridized carbons (Fsp3) is 0.500. The van der Waals surface area contributed by atoms with E-state index in [9.17, 15) is 9.59 Å². The normalized spacial score (nSPS) is 33.3. The molecule has 0 aromatic heterocycles. The zero-order valence-electron chi connectivity index (χ0n) is 12.6. The van der Waals surface area contributed by atoms with Crippen molar-refractivity contribution in [3.05, 3.63) is 29.3 Å². The number of imide groups is 1. The zero-order chi connectivity index (χ0) is 16.0. The van der Waals surface area contributed by atoms with Gasteiger partial charge >= 0.3 is 6.03 Å². The van der Waals surface area contributed by atoms with E-state index in [1.807, 2.05) is 24.3 Å². The molecule has 3 amide bonds. The SMILES string of the molecule is O=C1NC(=O)C2NC3CCCCC3N(c3ccc(Cl)cc3)C2N1. The number of amides is 3. The molecular formula is C16H19ClN4O2. The average molecular weight is 335 g/mol. The van der Waals surface area contributed by atoms with Gasteiger partial charge in [0.1, 0.15) is 12.2 Å². The Bertz CT molecular complexity index is 635. The van der Waals surface area contributed by atoms with Crippen LogP contribution in [-0.4, -0.2) is 36.2 Å². The molecule has 6 nitrogen and oxygen atoms in total. The van der Waals surface area contributed by atoms with Crippen molar-refractivity contribution in [3.63, 3.8) is 0 Å². The van der Waals surface area contributed by atoms with Crippen molar-refractivity contribution in [1.29, 1.82) is 0 Å². The molecule has 3 N–H and O–H groups in total. The summed E-state index contributed by atoms with van der Waals surface area (Å²) in [7, 11) is 0. The number of fused-ring (bicyclic) bond motifs is 2. The van der Waals surface area contributed by atoms with Gasteiger partial charge in [0.2, 0.25) is 5.91 Å². The van der Waals surface area contributed by atoms with E-state index in [0.717, 1.165) is 31.4 Å². The van der Waals surface area contributed by atoms with Gasteiger partial charge in [-0.05, 0) is 37.1 Å². The summed E-state index contributed by atoms with van der Waals surface area (Å²) in [5.74, 6) is -0.262. The van der Waals surface area contributed by atoms with Crippen LogP contribution in [0.1, 0.15) is 25.7 Å². The number of hydrogen-bond donors (Lipinski definition) is 3. The van der Waals surface area contributed by atoms with Crippen LogP contribution in [0.2, 0.25) is 5.02 Å². The van der Waals surface area contributed by atoms with E-state index in [2.05, 4.69) is 20.9 Å². The number of urea groups is 1. The molecule has 1 aromatic rings. The zero-order valence-corrected chi connectivity index (χ0v) is 13.3. The highest BCUT2D eigenvalue weighted by Crippen LogP contribution is 2.34. The Morgan fingerprint density at radius 1 is 1.09 bits per heavy atom. The van der Waals surface area contributed by atoms with E-state index in [0.29, 0.717) is 5.02 Å². The molecule has 1 aromatic carbocycles. The number of piperazine rings is 1. The largest absolute Gasteiger partial charge is 0.345 e. The molecule has 1 saturated carbocycles. The minimum atomic E-state index is -0.442. The maximum absolute atomic E-state index is 12.3. The van der Waals surface area contributed by atoms with Crippen LogP contribution >= 0.6 is 11.6 Å². The second-order valence-electron chi connectivity index (χ2n) is 6.39. The fourth-order valence-electron chi connectivity index (χ4n) is 4.02. The second kappa shape index (κ2) is 5.69. The number of hydrogen-bond acceptors (Lipinski definition) is 4. The number of rotatable bonds is 1. The summed E-state index contributed by atoms with van der Waals surface area (Å²) in [5, 5.41) is 9.38. The van der Waals surface area contributed by atoms with Gasteiger partial charge in [-0.2, -0.15) is 0 Å². The van der Waals surface area contributed by atoms with Gasteiger partial charge in [-0.3, -0.25) is 15.4 Å². The summed E-state index contributed by atoms with van der Waals surface area (Å²) in [6.45, 7) is 0. The maximum atomic E-state index is 12.3. The molecule has 3 fully saturated rings. The molecule has 23 heavy (non-hydrogen) atoms. The highest BCUT2D eigenvalue weighted by atomic mass is 35.5. The van der Waals surface area contributed by atoms with E-state index in [1.165, 1.54) is 0 Å². The number of nitrogens with zero attached hydrogens (tertiary/aromatic N) is 1. The first kappa shape index (κ1) is 14.8. The van der Waals surface area contributed by atoms with Crippen molar-refractivity contribution < 1.29 is 9.59 Å². The molecule has 4 atom stereocenters. The molecule has 4 unspecified atom stereocenters. The summed E-state index contributed by atoms with van der Waals surface area (Å²) >= 11 is 6.01. The smallest absolute Gasteiger partial charge is 0.323 e. The number of nitrogens with one attached hydrogen (secondary N) is 3. The van der Waals surface area contributed by atoms with Gasteiger partial charge in [-0.25, -0.2) is 4.79 Å². The third kappa shape index (κ3) is 2.56. The second-order valence-corrected chi connectivity index (χ2v) is 6.83. The molecule has 122 valence electrons. The highest BCUT2D eigenvalue weighted by molar-refractivity contribution is 6.30. The summed E-state index contributed by atoms with van der Waals surface area (Å²) in [6.07, 6.45) is 4.02. The maximum Gasteiger partial charge on any atom is 0.323 e. The van der Waals surface area contributed by atoms with E-state index in [4.69, 9.17) is 11.6 Å². The lowest BCUT2D eigenvalue weighted by molar-refractivity contribution is -0.124. The number of carbonyl (C=O) groups excluding carboxylic acids is 2. The first-order chi connectivity index (χ1) is 11.1. The molecule has 2 saturated heterocycles. The van der Waals surface area contributed by atoms with Crippen LogP contribution in [-0.2, 0) is 4.79 Å². The van der Waals surface area contributed by atoms with Crippen LogP contribution in [0.5, 0.6) is 0 Å². The lowest BCUT2D eigenvalue weighted by atomic mass is 9.84. The summed E-state index contributed by atoms with van der Waals surface area (Å²) in [5.41, 5.74) is 0.984. The molecule has 2 aliphatic heterocycles. The lowest BCUT2D eigenvalue weighted by Crippen LogP contribution is -2.79. The molecular weight excluding hydrogens is 316 g/mol. The number of carbonyl (C=O) groups is 2. The number of anilines is 1. The first-order valence-electron chi connectivity index (χ1n) is 8.05. The Kier molecular flexibility index (Phi) is 3.66. The van der Waals surface area contributed by atoms with E-state index >= 15 is 0 Å². The van der Waals surface area contributed by atoms with E-state index in [1.54, 1.807) is 0 Å². The van der Waals surface area contributed by atoms with Gasteiger partial charge in [-0.1, -0.05) is 24.4 Å². The predicted molar refractivity (Wildman–Crippen MR) is 87.4 cm³/mol. The van der Waals surface area contributed by atoms with Crippen molar-refractivity contribution in [3.8, 4) is 0 Å². The molecule has 0 spiro atoms. The van der Waals surface area contributed by atoms with Crippen LogP contribution in [0.15, 0.2) is 24.3 Å². The predicted octanol–water partition coefficient (Wildman–Crippen LogP) is 1.59. The Balaban J connectivity index is 1.74. The van der Waals surface area contributed by atoms with Gasteiger partial charge in [0.25, 0.3) is 0 Å². The number of halogens is 1. The third-order valence-electron chi connectivity index (χ3n) is 5.02. The molecule has 0 bridgehead atoms. The Morgan fingerprint density at radius 3 is 2.61 bits per heavy atom. The van der Waals surface area contributed by atoms with Gasteiger partial charge in [0, 0.05) is 22.8 Å². The average Bonchev–Trinajstić information content (AvgIpc) is 2.54. The van der Waals surface area contributed by atoms with Crippen molar-refractivity contribution in [1.82, 2.24) is 16.0 Å². The molecule has 3 aliphatic rings. The van der Waals surface area contributed by atoms with Crippen molar-refractivity contribution in [2.75, 3.05) is 4.90 Å². The minimum absolute atomic E-state index is 0.251. The summed E-state index contributed by atoms with van der Waals surface area (Å²) in [6, 6.07) is 7.23. The van der Waals surface area contributed by atoms with Crippen molar-refractivity contribution >= 4 is 29.2 Å². The van der Waals surface area contributed by atoms with Crippen LogP contribution in [0.25, 0.3) is 0 Å². The molecule has 0 radical (unpaired) electrons. The molecule has 1 aliphatic carbocycles. The summed E-state index contributed by atoms with van der Waals surface area (Å²) < 4.78 is 0. The Morgan fingerprint density at radius 2 is 1.83 bits per heavy atom. The van der Waals surface area contributed by atoms with Gasteiger partial charge in [0.05, 0.1) is 0 Å². The van der Waals surface area contributed by atoms with Crippen molar-refractivity contribution in [2.24, 2.45) is 0 Å². The standard InChI is InChI=1S/C16H19ClN4O2/c17-9-5-7-10(8-6-9)21-12-4-2-1-3-11(12)18-13-14(21)19-16(23)20-15(13)22/h5-8,11-14,18H,1-4H2,(H2,19,20,22,23). The van der Waals surface area contributed by atoms with Gasteiger partial charge < -0.3 is 10.2 Å². The highest BCUT2D eigenvalue weighted by Gasteiger charge is 2.49. The fourth-order valence-corrected chi connectivity index (χ4v) is 4.15. The monoisotopic (exact) mass is 334 g/mol. The topological polar surface area (TPSA) is 73.5 Å². The molecule has 7 heteroatoms. The van der Waals surface area contributed by atoms with Gasteiger partial charge in [0.15, 0.2) is 0 Å². The van der Waals surface area contributed by atoms with Gasteiger partial charge in [-0.15, -0.1) is 0 Å². The minimum Gasteiger partial charge on any atom is -0.345 e. The lowest BCUT2D eigenvalue weighted by Gasteiger charge is -2.54. The first-order valence-corrected chi connectivity index (χ1v) is 8.42. The van der Waals surface area contributed by atoms with Crippen LogP contribution in [0.3, 0.4) is 0 Å².